The highest BCUT2D eigenvalue weighted by molar-refractivity contribution is 5.75. The molecule has 4 N–H and O–H groups in total. The Hall–Kier alpha value is -3.33. The summed E-state index contributed by atoms with van der Waals surface area (Å²) in [5.41, 5.74) is 11.5. The Bertz CT molecular complexity index is 1100. The van der Waals surface area contributed by atoms with Gasteiger partial charge < -0.3 is 25.1 Å². The van der Waals surface area contributed by atoms with Crippen LogP contribution in [0.2, 0.25) is 0 Å². The van der Waals surface area contributed by atoms with Gasteiger partial charge in [0.1, 0.15) is 5.60 Å². The summed E-state index contributed by atoms with van der Waals surface area (Å²) < 4.78 is 10.5. The molecule has 1 atom stereocenters. The zero-order valence-corrected chi connectivity index (χ0v) is 21.6. The van der Waals surface area contributed by atoms with Crippen LogP contribution in [0.5, 0.6) is 0 Å². The van der Waals surface area contributed by atoms with Crippen molar-refractivity contribution in [1.82, 2.24) is 9.88 Å². The second-order valence-corrected chi connectivity index (χ2v) is 9.83. The number of hydrogen-bond acceptors (Lipinski definition) is 8. The Kier molecular flexibility index (Phi) is 7.90. The Morgan fingerprint density at radius 3 is 2.57 bits per heavy atom. The van der Waals surface area contributed by atoms with E-state index in [1.165, 1.54) is 7.11 Å². The fourth-order valence-electron chi connectivity index (χ4n) is 4.26. The number of carbonyl (C=O) groups is 2. The van der Waals surface area contributed by atoms with Gasteiger partial charge in [0.15, 0.2) is 0 Å². The fraction of sp³-hybridized carbons (Fsp3) is 0.500. The van der Waals surface area contributed by atoms with Gasteiger partial charge in [-0.05, 0) is 69.9 Å². The Balaban J connectivity index is 1.98. The molecule has 1 unspecified atom stereocenters. The predicted molar refractivity (Wildman–Crippen MR) is 136 cm³/mol. The molecule has 0 aliphatic carbocycles. The van der Waals surface area contributed by atoms with E-state index in [0.29, 0.717) is 31.7 Å². The van der Waals surface area contributed by atoms with E-state index in [1.54, 1.807) is 9.91 Å². The molecule has 1 amide bonds. The first-order valence-electron chi connectivity index (χ1n) is 11.9. The smallest absolute Gasteiger partial charge is 0.410 e. The van der Waals surface area contributed by atoms with Crippen LogP contribution in [-0.2, 0) is 27.2 Å². The molecular weight excluding hydrogens is 446 g/mol. The monoisotopic (exact) mass is 483 g/mol. The first-order chi connectivity index (χ1) is 16.4. The van der Waals surface area contributed by atoms with E-state index in [9.17, 15) is 9.59 Å². The van der Waals surface area contributed by atoms with Crippen molar-refractivity contribution >= 4 is 23.4 Å². The van der Waals surface area contributed by atoms with E-state index in [1.807, 2.05) is 58.9 Å². The number of rotatable bonds is 6. The van der Waals surface area contributed by atoms with Crippen molar-refractivity contribution < 1.29 is 19.1 Å². The van der Waals surface area contributed by atoms with Crippen LogP contribution in [-0.4, -0.2) is 47.7 Å². The molecule has 1 aromatic carbocycles. The average molecular weight is 484 g/mol. The van der Waals surface area contributed by atoms with E-state index >= 15 is 0 Å². The molecule has 2 aromatic rings. The first-order valence-corrected chi connectivity index (χ1v) is 11.9. The molecule has 2 heterocycles. The number of hydrazine groups is 1. The van der Waals surface area contributed by atoms with Crippen molar-refractivity contribution in [3.63, 3.8) is 0 Å². The van der Waals surface area contributed by atoms with Crippen molar-refractivity contribution in [3.05, 3.63) is 52.3 Å². The van der Waals surface area contributed by atoms with Gasteiger partial charge in [-0.15, -0.1) is 0 Å². The van der Waals surface area contributed by atoms with E-state index in [2.05, 4.69) is 0 Å². The number of carbonyl (C=O) groups excluding carboxylic acids is 2. The molecule has 9 nitrogen and oxygen atoms in total. The Labute approximate surface area is 207 Å². The minimum Gasteiger partial charge on any atom is -0.469 e. The van der Waals surface area contributed by atoms with Gasteiger partial charge in [-0.3, -0.25) is 9.78 Å². The number of methoxy groups -OCH3 is 1. The first kappa shape index (κ1) is 26.3. The lowest BCUT2D eigenvalue weighted by atomic mass is 9.87. The lowest BCUT2D eigenvalue weighted by Crippen LogP contribution is -2.40. The van der Waals surface area contributed by atoms with Crippen molar-refractivity contribution in [2.45, 2.75) is 65.5 Å². The van der Waals surface area contributed by atoms with Crippen LogP contribution in [0, 0.1) is 6.92 Å². The zero-order valence-electron chi connectivity index (χ0n) is 21.6. The molecule has 0 bridgehead atoms. The number of benzene rings is 1. The van der Waals surface area contributed by atoms with Crippen LogP contribution < -0.4 is 16.6 Å². The summed E-state index contributed by atoms with van der Waals surface area (Å²) in [4.78, 5) is 31.6. The van der Waals surface area contributed by atoms with Gasteiger partial charge in [0.05, 0.1) is 37.1 Å². The van der Waals surface area contributed by atoms with Gasteiger partial charge in [0, 0.05) is 24.7 Å². The number of anilines is 2. The number of esters is 1. The molecular formula is C26H37N5O4. The molecule has 0 saturated carbocycles. The highest BCUT2D eigenvalue weighted by Gasteiger charge is 2.29. The van der Waals surface area contributed by atoms with Gasteiger partial charge in [-0.2, -0.15) is 0 Å². The molecule has 190 valence electrons. The van der Waals surface area contributed by atoms with Crippen LogP contribution in [0.1, 0.15) is 68.1 Å². The summed E-state index contributed by atoms with van der Waals surface area (Å²) in [5.74, 6) is 5.37. The predicted octanol–water partition coefficient (Wildman–Crippen LogP) is 3.66. The minimum absolute atomic E-state index is 0.109. The molecule has 0 saturated heterocycles. The quantitative estimate of drug-likeness (QED) is 0.276. The van der Waals surface area contributed by atoms with Crippen molar-refractivity contribution in [2.24, 2.45) is 5.84 Å². The molecule has 9 heteroatoms. The van der Waals surface area contributed by atoms with Gasteiger partial charge in [-0.1, -0.05) is 12.1 Å². The third-order valence-electron chi connectivity index (χ3n) is 6.25. The number of nitrogens with zero attached hydrogens (tertiary/aromatic N) is 3. The van der Waals surface area contributed by atoms with Gasteiger partial charge >= 0.3 is 12.1 Å². The van der Waals surface area contributed by atoms with Crippen LogP contribution in [0.15, 0.2) is 24.3 Å². The zero-order chi connectivity index (χ0) is 25.9. The normalized spacial score (nSPS) is 14.2. The van der Waals surface area contributed by atoms with Gasteiger partial charge in [0.2, 0.25) is 0 Å². The Morgan fingerprint density at radius 1 is 1.23 bits per heavy atom. The van der Waals surface area contributed by atoms with Gasteiger partial charge in [0.25, 0.3) is 0 Å². The van der Waals surface area contributed by atoms with Crippen molar-refractivity contribution in [1.29, 1.82) is 0 Å². The highest BCUT2D eigenvalue weighted by Crippen LogP contribution is 2.36. The Morgan fingerprint density at radius 2 is 1.94 bits per heavy atom. The lowest BCUT2D eigenvalue weighted by Gasteiger charge is -2.31. The summed E-state index contributed by atoms with van der Waals surface area (Å²) in [6, 6.07) is 7.78. The van der Waals surface area contributed by atoms with Crippen LogP contribution in [0.4, 0.5) is 16.2 Å². The third-order valence-corrected chi connectivity index (χ3v) is 6.25. The maximum absolute atomic E-state index is 12.6. The summed E-state index contributed by atoms with van der Waals surface area (Å²) in [5, 5.41) is 1.59. The standard InChI is InChI=1S/C26H37N5O4/c1-7-31(28)22-11-9-18(16(2)24(22)27)19(14-23(32)34-6)20-10-8-17-12-13-30(15-21(17)29-20)25(33)35-26(3,4)5/h8-11,19H,7,12-15,27-28H2,1-6H3. The highest BCUT2D eigenvalue weighted by atomic mass is 16.6. The molecule has 1 aliphatic heterocycles. The maximum atomic E-state index is 12.6. The number of nitrogens with two attached hydrogens (primary N) is 2. The number of ether oxygens (including phenoxy) is 2. The lowest BCUT2D eigenvalue weighted by molar-refractivity contribution is -0.140. The topological polar surface area (TPSA) is 124 Å². The molecule has 0 radical (unpaired) electrons. The largest absolute Gasteiger partial charge is 0.469 e. The van der Waals surface area contributed by atoms with E-state index in [-0.39, 0.29) is 24.4 Å². The van der Waals surface area contributed by atoms with Crippen molar-refractivity contribution in [2.75, 3.05) is 30.9 Å². The van der Waals surface area contributed by atoms with Crippen LogP contribution >= 0.6 is 0 Å². The maximum Gasteiger partial charge on any atom is 0.410 e. The summed E-state index contributed by atoms with van der Waals surface area (Å²) in [6.07, 6.45) is 0.439. The molecule has 1 aromatic heterocycles. The number of fused-ring (bicyclic) bond motifs is 1. The van der Waals surface area contributed by atoms with E-state index in [0.717, 1.165) is 33.8 Å². The molecule has 1 aliphatic rings. The molecule has 0 spiro atoms. The van der Waals surface area contributed by atoms with Crippen LogP contribution in [0.25, 0.3) is 0 Å². The van der Waals surface area contributed by atoms with E-state index in [4.69, 9.17) is 26.0 Å². The van der Waals surface area contributed by atoms with Crippen molar-refractivity contribution in [3.8, 4) is 0 Å². The van der Waals surface area contributed by atoms with E-state index < -0.39 is 5.60 Å². The number of aromatic nitrogens is 1. The van der Waals surface area contributed by atoms with Gasteiger partial charge in [-0.25, -0.2) is 10.6 Å². The number of pyridine rings is 1. The SMILES string of the molecule is CCN(N)c1ccc(C(CC(=O)OC)c2ccc3c(n2)CN(C(=O)OC(C)(C)C)CC3)c(C)c1N. The number of amides is 1. The summed E-state index contributed by atoms with van der Waals surface area (Å²) >= 11 is 0. The fourth-order valence-corrected chi connectivity index (χ4v) is 4.26. The average Bonchev–Trinajstić information content (AvgIpc) is 2.82. The summed E-state index contributed by atoms with van der Waals surface area (Å²) in [6.45, 7) is 10.9. The second-order valence-electron chi connectivity index (χ2n) is 9.83. The third kappa shape index (κ3) is 6.03. The molecule has 3 rings (SSSR count). The number of nitrogen functional groups attached to an aromatic ring is 1. The molecule has 35 heavy (non-hydrogen) atoms. The second kappa shape index (κ2) is 10.5. The number of hydrogen-bond donors (Lipinski definition) is 2. The minimum atomic E-state index is -0.571. The summed E-state index contributed by atoms with van der Waals surface area (Å²) in [7, 11) is 1.37. The van der Waals surface area contributed by atoms with Crippen LogP contribution in [0.3, 0.4) is 0 Å². The molecule has 0 fully saturated rings.